The smallest absolute Gasteiger partial charge is 0.0449 e. The van der Waals surface area contributed by atoms with E-state index in [9.17, 15) is 0 Å². The minimum Gasteiger partial charge on any atom is -0.396 e. The number of rotatable bonds is 3. The zero-order valence-corrected chi connectivity index (χ0v) is 10.4. The predicted molar refractivity (Wildman–Crippen MR) is 64.8 cm³/mol. The summed E-state index contributed by atoms with van der Waals surface area (Å²) in [5.74, 6) is 0. The number of halogens is 2. The third kappa shape index (κ3) is 3.58. The molecule has 0 amide bonds. The van der Waals surface area contributed by atoms with E-state index in [4.69, 9.17) is 10.8 Å². The molecule has 0 aliphatic heterocycles. The molecule has 4 heteroatoms. The Morgan fingerprint density at radius 2 is 2.14 bits per heavy atom. The lowest BCUT2D eigenvalue weighted by molar-refractivity contribution is 0.276. The van der Waals surface area contributed by atoms with Crippen LogP contribution in [0.4, 0.5) is 0 Å². The molecule has 1 rings (SSSR count). The summed E-state index contributed by atoms with van der Waals surface area (Å²) in [6.07, 6.45) is 0.614. The average Bonchev–Trinajstić information content (AvgIpc) is 2.04. The normalized spacial score (nSPS) is 12.0. The molecule has 0 aromatic heterocycles. The largest absolute Gasteiger partial charge is 0.396 e. The fraction of sp³-hybridized carbons (Fsp3) is 0.400. The maximum absolute atomic E-state index is 8.75. The van der Waals surface area contributed by atoms with Gasteiger partial charge < -0.3 is 10.8 Å². The molecule has 2 nitrogen and oxygen atoms in total. The summed E-state index contributed by atoms with van der Waals surface area (Å²) >= 11 is 3.39. The van der Waals surface area contributed by atoms with Crippen molar-refractivity contribution in [3.8, 4) is 0 Å². The van der Waals surface area contributed by atoms with Gasteiger partial charge in [-0.3, -0.25) is 0 Å². The van der Waals surface area contributed by atoms with E-state index in [1.165, 1.54) is 0 Å². The van der Waals surface area contributed by atoms with Gasteiger partial charge in [0.05, 0.1) is 0 Å². The topological polar surface area (TPSA) is 46.2 Å². The van der Waals surface area contributed by atoms with Crippen LogP contribution in [0.1, 0.15) is 23.6 Å². The van der Waals surface area contributed by atoms with Gasteiger partial charge in [-0.15, -0.1) is 12.4 Å². The van der Waals surface area contributed by atoms with Gasteiger partial charge in [-0.1, -0.05) is 22.0 Å². The van der Waals surface area contributed by atoms with Gasteiger partial charge in [-0.25, -0.2) is 0 Å². The van der Waals surface area contributed by atoms with Crippen molar-refractivity contribution < 1.29 is 5.11 Å². The summed E-state index contributed by atoms with van der Waals surface area (Å²) in [6.45, 7) is 2.16. The minimum absolute atomic E-state index is 0. The Labute approximate surface area is 99.0 Å². The molecule has 0 heterocycles. The number of aliphatic hydroxyl groups excluding tert-OH is 1. The second kappa shape index (κ2) is 6.40. The summed E-state index contributed by atoms with van der Waals surface area (Å²) in [7, 11) is 0. The lowest BCUT2D eigenvalue weighted by atomic mass is 10.0. The van der Waals surface area contributed by atoms with Crippen LogP contribution in [0.2, 0.25) is 0 Å². The second-order valence-electron chi connectivity index (χ2n) is 3.12. The average molecular weight is 281 g/mol. The molecule has 0 unspecified atom stereocenters. The summed E-state index contributed by atoms with van der Waals surface area (Å²) in [4.78, 5) is 0. The van der Waals surface area contributed by atoms with E-state index >= 15 is 0 Å². The van der Waals surface area contributed by atoms with Crippen LogP contribution in [0, 0.1) is 6.92 Å². The molecule has 0 fully saturated rings. The van der Waals surface area contributed by atoms with E-state index in [2.05, 4.69) is 15.9 Å². The first-order valence-corrected chi connectivity index (χ1v) is 5.07. The van der Waals surface area contributed by atoms with E-state index in [0.29, 0.717) is 6.42 Å². The number of nitrogens with two attached hydrogens (primary N) is 1. The minimum atomic E-state index is -0.0573. The van der Waals surface area contributed by atoms with Crippen molar-refractivity contribution in [3.05, 3.63) is 33.8 Å². The summed E-state index contributed by atoms with van der Waals surface area (Å²) in [6, 6.07) is 5.95. The molecule has 1 atom stereocenters. The van der Waals surface area contributed by atoms with E-state index in [-0.39, 0.29) is 25.1 Å². The maximum atomic E-state index is 8.75. The molecule has 80 valence electrons. The molecule has 0 spiro atoms. The van der Waals surface area contributed by atoms with E-state index < -0.39 is 0 Å². The van der Waals surface area contributed by atoms with Crippen molar-refractivity contribution in [2.75, 3.05) is 6.61 Å². The second-order valence-corrected chi connectivity index (χ2v) is 4.04. The Balaban J connectivity index is 0.00000169. The van der Waals surface area contributed by atoms with Gasteiger partial charge in [0.25, 0.3) is 0 Å². The molecular formula is C10H15BrClNO. The quantitative estimate of drug-likeness (QED) is 0.894. The van der Waals surface area contributed by atoms with Crippen LogP contribution >= 0.6 is 28.3 Å². The maximum Gasteiger partial charge on any atom is 0.0449 e. The van der Waals surface area contributed by atoms with Gasteiger partial charge in [-0.05, 0) is 36.6 Å². The van der Waals surface area contributed by atoms with Crippen LogP contribution < -0.4 is 5.73 Å². The molecule has 0 saturated heterocycles. The van der Waals surface area contributed by atoms with Gasteiger partial charge >= 0.3 is 0 Å². The molecule has 1 aromatic carbocycles. The fourth-order valence-electron chi connectivity index (χ4n) is 1.35. The third-order valence-corrected chi connectivity index (χ3v) is 2.56. The fourth-order valence-corrected chi connectivity index (χ4v) is 1.83. The Morgan fingerprint density at radius 1 is 1.50 bits per heavy atom. The number of hydrogen-bond donors (Lipinski definition) is 2. The Hall–Kier alpha value is -0.0900. The first-order chi connectivity index (χ1) is 6.15. The number of hydrogen-bond acceptors (Lipinski definition) is 2. The van der Waals surface area contributed by atoms with Crippen LogP contribution in [0.15, 0.2) is 22.7 Å². The van der Waals surface area contributed by atoms with Gasteiger partial charge in [0.1, 0.15) is 0 Å². The molecule has 14 heavy (non-hydrogen) atoms. The monoisotopic (exact) mass is 279 g/mol. The summed E-state index contributed by atoms with van der Waals surface area (Å²) in [5, 5.41) is 8.75. The molecule has 0 saturated carbocycles. The van der Waals surface area contributed by atoms with Crippen molar-refractivity contribution in [1.29, 1.82) is 0 Å². The van der Waals surface area contributed by atoms with Gasteiger partial charge in [0, 0.05) is 17.1 Å². The highest BCUT2D eigenvalue weighted by molar-refractivity contribution is 9.10. The van der Waals surface area contributed by atoms with Crippen molar-refractivity contribution in [1.82, 2.24) is 0 Å². The van der Waals surface area contributed by atoms with Crippen LogP contribution in [-0.2, 0) is 0 Å². The number of aliphatic hydroxyl groups is 1. The summed E-state index contributed by atoms with van der Waals surface area (Å²) in [5.41, 5.74) is 8.15. The van der Waals surface area contributed by atoms with Crippen LogP contribution in [0.3, 0.4) is 0 Å². The molecule has 0 aliphatic rings. The van der Waals surface area contributed by atoms with Gasteiger partial charge in [0.2, 0.25) is 0 Å². The van der Waals surface area contributed by atoms with Crippen molar-refractivity contribution >= 4 is 28.3 Å². The van der Waals surface area contributed by atoms with Gasteiger partial charge in [0.15, 0.2) is 0 Å². The Bertz CT molecular complexity index is 293. The highest BCUT2D eigenvalue weighted by Crippen LogP contribution is 2.21. The van der Waals surface area contributed by atoms with Crippen molar-refractivity contribution in [2.24, 2.45) is 5.73 Å². The zero-order chi connectivity index (χ0) is 9.84. The zero-order valence-electron chi connectivity index (χ0n) is 8.03. The first-order valence-electron chi connectivity index (χ1n) is 4.27. The molecule has 0 bridgehead atoms. The molecule has 3 N–H and O–H groups in total. The van der Waals surface area contributed by atoms with Gasteiger partial charge in [-0.2, -0.15) is 0 Å². The van der Waals surface area contributed by atoms with Crippen LogP contribution in [-0.4, -0.2) is 11.7 Å². The van der Waals surface area contributed by atoms with E-state index in [0.717, 1.165) is 15.6 Å². The highest BCUT2D eigenvalue weighted by Gasteiger charge is 2.07. The highest BCUT2D eigenvalue weighted by atomic mass is 79.9. The van der Waals surface area contributed by atoms with Crippen LogP contribution in [0.5, 0.6) is 0 Å². The predicted octanol–water partition coefficient (Wildman–Crippen LogP) is 2.56. The van der Waals surface area contributed by atoms with Crippen molar-refractivity contribution in [2.45, 2.75) is 19.4 Å². The SMILES string of the molecule is Cc1cc(Br)ccc1[C@H](N)CCO.Cl. The lowest BCUT2D eigenvalue weighted by Crippen LogP contribution is -2.13. The third-order valence-electron chi connectivity index (χ3n) is 2.07. The molecular weight excluding hydrogens is 265 g/mol. The van der Waals surface area contributed by atoms with E-state index in [1.54, 1.807) is 0 Å². The number of benzene rings is 1. The molecule has 0 aliphatic carbocycles. The first kappa shape index (κ1) is 13.9. The van der Waals surface area contributed by atoms with E-state index in [1.807, 2.05) is 25.1 Å². The van der Waals surface area contributed by atoms with Crippen molar-refractivity contribution in [3.63, 3.8) is 0 Å². The standard InChI is InChI=1S/C10H14BrNO.ClH/c1-7-6-8(11)2-3-9(7)10(12)4-5-13;/h2-3,6,10,13H,4-5,12H2,1H3;1H/t10-;/m1./s1. The molecule has 1 aromatic rings. The lowest BCUT2D eigenvalue weighted by Gasteiger charge is -2.13. The summed E-state index contributed by atoms with van der Waals surface area (Å²) < 4.78 is 1.06. The number of aryl methyl sites for hydroxylation is 1. The Morgan fingerprint density at radius 3 is 2.64 bits per heavy atom. The molecule has 0 radical (unpaired) electrons. The van der Waals surface area contributed by atoms with Crippen LogP contribution in [0.25, 0.3) is 0 Å². The Kier molecular flexibility index (Phi) is 6.36.